The van der Waals surface area contributed by atoms with Gasteiger partial charge in [0.15, 0.2) is 0 Å². The Morgan fingerprint density at radius 3 is 2.40 bits per heavy atom. The van der Waals surface area contributed by atoms with Crippen LogP contribution in [0.3, 0.4) is 0 Å². The molecule has 0 radical (unpaired) electrons. The molecule has 2 unspecified atom stereocenters. The fourth-order valence-electron chi connectivity index (χ4n) is 2.34. The highest BCUT2D eigenvalue weighted by Gasteiger charge is 2.22. The van der Waals surface area contributed by atoms with Gasteiger partial charge in [-0.05, 0) is 59.7 Å². The summed E-state index contributed by atoms with van der Waals surface area (Å²) in [6, 6.07) is 12.5. The van der Waals surface area contributed by atoms with Gasteiger partial charge in [0.1, 0.15) is 0 Å². The third-order valence-electron chi connectivity index (χ3n) is 3.20. The quantitative estimate of drug-likeness (QED) is 0.824. The van der Waals surface area contributed by atoms with Crippen LogP contribution in [0.4, 0.5) is 0 Å². The average Bonchev–Trinajstić information content (AvgIpc) is 2.78. The SMILES string of the molecule is CC(N)C(c1ccc(Br)s1)N(C)Cc1ccc(Cl)cc1. The first-order valence-electron chi connectivity index (χ1n) is 6.43. The van der Waals surface area contributed by atoms with Gasteiger partial charge in [0, 0.05) is 22.5 Å². The third-order valence-corrected chi connectivity index (χ3v) is 5.15. The molecule has 20 heavy (non-hydrogen) atoms. The molecule has 1 aromatic heterocycles. The van der Waals surface area contributed by atoms with Crippen molar-refractivity contribution in [1.29, 1.82) is 0 Å². The van der Waals surface area contributed by atoms with E-state index in [1.54, 1.807) is 11.3 Å². The molecule has 5 heteroatoms. The lowest BCUT2D eigenvalue weighted by Gasteiger charge is -2.30. The summed E-state index contributed by atoms with van der Waals surface area (Å²) in [6.45, 7) is 2.90. The topological polar surface area (TPSA) is 29.3 Å². The summed E-state index contributed by atoms with van der Waals surface area (Å²) in [7, 11) is 2.11. The van der Waals surface area contributed by atoms with Crippen molar-refractivity contribution in [1.82, 2.24) is 4.90 Å². The normalized spacial score (nSPS) is 14.5. The maximum absolute atomic E-state index is 6.19. The Hall–Kier alpha value is -0.390. The summed E-state index contributed by atoms with van der Waals surface area (Å²) >= 11 is 11.2. The fraction of sp³-hybridized carbons (Fsp3) is 0.333. The number of benzene rings is 1. The molecule has 2 aromatic rings. The minimum absolute atomic E-state index is 0.0675. The van der Waals surface area contributed by atoms with Crippen LogP contribution in [0.5, 0.6) is 0 Å². The molecule has 1 aromatic carbocycles. The van der Waals surface area contributed by atoms with E-state index in [2.05, 4.69) is 59.1 Å². The zero-order valence-electron chi connectivity index (χ0n) is 11.5. The van der Waals surface area contributed by atoms with Crippen LogP contribution in [0, 0.1) is 0 Å². The molecule has 0 fully saturated rings. The lowest BCUT2D eigenvalue weighted by atomic mass is 10.1. The molecule has 0 spiro atoms. The van der Waals surface area contributed by atoms with Gasteiger partial charge in [-0.2, -0.15) is 0 Å². The fourth-order valence-corrected chi connectivity index (χ4v) is 4.17. The van der Waals surface area contributed by atoms with Gasteiger partial charge >= 0.3 is 0 Å². The third kappa shape index (κ3) is 4.06. The van der Waals surface area contributed by atoms with Crippen LogP contribution in [0.25, 0.3) is 0 Å². The lowest BCUT2D eigenvalue weighted by Crippen LogP contribution is -2.36. The van der Waals surface area contributed by atoms with E-state index >= 15 is 0 Å². The van der Waals surface area contributed by atoms with Crippen molar-refractivity contribution in [3.05, 3.63) is 55.6 Å². The highest BCUT2D eigenvalue weighted by molar-refractivity contribution is 9.11. The van der Waals surface area contributed by atoms with Crippen molar-refractivity contribution >= 4 is 38.9 Å². The van der Waals surface area contributed by atoms with E-state index in [1.165, 1.54) is 10.4 Å². The van der Waals surface area contributed by atoms with Crippen molar-refractivity contribution in [3.8, 4) is 0 Å². The molecule has 2 atom stereocenters. The Bertz CT molecular complexity index is 553. The van der Waals surface area contributed by atoms with Crippen LogP contribution in [0.2, 0.25) is 5.02 Å². The Morgan fingerprint density at radius 2 is 1.90 bits per heavy atom. The predicted molar refractivity (Wildman–Crippen MR) is 91.3 cm³/mol. The van der Waals surface area contributed by atoms with Crippen LogP contribution in [-0.4, -0.2) is 18.0 Å². The second kappa shape index (κ2) is 7.05. The second-order valence-electron chi connectivity index (χ2n) is 4.99. The molecular weight excluding hydrogens is 356 g/mol. The van der Waals surface area contributed by atoms with Crippen LogP contribution in [-0.2, 0) is 6.54 Å². The maximum atomic E-state index is 6.19. The van der Waals surface area contributed by atoms with E-state index in [0.717, 1.165) is 15.4 Å². The number of thiophene rings is 1. The lowest BCUT2D eigenvalue weighted by molar-refractivity contribution is 0.214. The molecule has 2 rings (SSSR count). The van der Waals surface area contributed by atoms with Crippen LogP contribution in [0.15, 0.2) is 40.2 Å². The monoisotopic (exact) mass is 372 g/mol. The summed E-state index contributed by atoms with van der Waals surface area (Å²) in [4.78, 5) is 3.56. The molecule has 0 aliphatic rings. The number of hydrogen-bond donors (Lipinski definition) is 1. The average molecular weight is 374 g/mol. The molecule has 108 valence electrons. The van der Waals surface area contributed by atoms with Gasteiger partial charge in [0.25, 0.3) is 0 Å². The molecule has 0 saturated heterocycles. The molecule has 1 heterocycles. The van der Waals surface area contributed by atoms with Crippen molar-refractivity contribution in [2.45, 2.75) is 25.6 Å². The Morgan fingerprint density at radius 1 is 1.25 bits per heavy atom. The van der Waals surface area contributed by atoms with Gasteiger partial charge in [0.2, 0.25) is 0 Å². The van der Waals surface area contributed by atoms with E-state index in [-0.39, 0.29) is 12.1 Å². The van der Waals surface area contributed by atoms with E-state index < -0.39 is 0 Å². The zero-order chi connectivity index (χ0) is 14.7. The van der Waals surface area contributed by atoms with E-state index in [0.29, 0.717) is 0 Å². The molecule has 0 amide bonds. The first kappa shape index (κ1) is 16.0. The van der Waals surface area contributed by atoms with Crippen LogP contribution in [0.1, 0.15) is 23.4 Å². The zero-order valence-corrected chi connectivity index (χ0v) is 14.7. The minimum atomic E-state index is 0.0675. The van der Waals surface area contributed by atoms with Gasteiger partial charge in [0.05, 0.1) is 9.83 Å². The number of rotatable bonds is 5. The first-order chi connectivity index (χ1) is 9.47. The number of nitrogens with zero attached hydrogens (tertiary/aromatic N) is 1. The molecule has 0 bridgehead atoms. The van der Waals surface area contributed by atoms with Gasteiger partial charge in [-0.1, -0.05) is 23.7 Å². The first-order valence-corrected chi connectivity index (χ1v) is 8.41. The van der Waals surface area contributed by atoms with E-state index in [1.807, 2.05) is 12.1 Å². The highest BCUT2D eigenvalue weighted by Crippen LogP contribution is 2.32. The number of likely N-dealkylation sites (N-methyl/N-ethyl adjacent to an activating group) is 1. The van der Waals surface area contributed by atoms with Crippen molar-refractivity contribution in [2.75, 3.05) is 7.05 Å². The molecule has 0 saturated carbocycles. The standard InChI is InChI=1S/C15H18BrClN2S/c1-10(18)15(13-7-8-14(16)20-13)19(2)9-11-3-5-12(17)6-4-11/h3-8,10,15H,9,18H2,1-2H3. The van der Waals surface area contributed by atoms with Crippen molar-refractivity contribution in [2.24, 2.45) is 5.73 Å². The smallest absolute Gasteiger partial charge is 0.0702 e. The van der Waals surface area contributed by atoms with Gasteiger partial charge in [-0.25, -0.2) is 0 Å². The van der Waals surface area contributed by atoms with Gasteiger partial charge < -0.3 is 5.73 Å². The van der Waals surface area contributed by atoms with Gasteiger partial charge in [-0.15, -0.1) is 11.3 Å². The Balaban J connectivity index is 2.15. The Labute approximate surface area is 137 Å². The summed E-state index contributed by atoms with van der Waals surface area (Å²) < 4.78 is 1.14. The van der Waals surface area contributed by atoms with Crippen LogP contribution < -0.4 is 5.73 Å². The largest absolute Gasteiger partial charge is 0.326 e. The molecule has 0 aliphatic carbocycles. The number of nitrogens with two attached hydrogens (primary N) is 1. The van der Waals surface area contributed by atoms with Gasteiger partial charge in [-0.3, -0.25) is 4.90 Å². The molecule has 0 aliphatic heterocycles. The minimum Gasteiger partial charge on any atom is -0.326 e. The summed E-state index contributed by atoms with van der Waals surface area (Å²) in [5.41, 5.74) is 7.42. The number of halogens is 2. The highest BCUT2D eigenvalue weighted by atomic mass is 79.9. The molecule has 2 N–H and O–H groups in total. The Kier molecular flexibility index (Phi) is 5.64. The number of hydrogen-bond acceptors (Lipinski definition) is 3. The second-order valence-corrected chi connectivity index (χ2v) is 7.92. The summed E-state index contributed by atoms with van der Waals surface area (Å²) in [5, 5.41) is 0.766. The van der Waals surface area contributed by atoms with Crippen LogP contribution >= 0.6 is 38.9 Å². The molecule has 2 nitrogen and oxygen atoms in total. The van der Waals surface area contributed by atoms with E-state index in [9.17, 15) is 0 Å². The summed E-state index contributed by atoms with van der Waals surface area (Å²) in [5.74, 6) is 0. The molecular formula is C15H18BrClN2S. The predicted octanol–water partition coefficient (Wildman–Crippen LogP) is 4.68. The maximum Gasteiger partial charge on any atom is 0.0702 e. The van der Waals surface area contributed by atoms with Crippen molar-refractivity contribution in [3.63, 3.8) is 0 Å². The van der Waals surface area contributed by atoms with E-state index in [4.69, 9.17) is 17.3 Å². The van der Waals surface area contributed by atoms with Crippen molar-refractivity contribution < 1.29 is 0 Å². The summed E-state index contributed by atoms with van der Waals surface area (Å²) in [6.07, 6.45) is 0.